The summed E-state index contributed by atoms with van der Waals surface area (Å²) in [5.41, 5.74) is 8.58. The van der Waals surface area contributed by atoms with E-state index in [9.17, 15) is 23.5 Å². The van der Waals surface area contributed by atoms with E-state index < -0.39 is 23.6 Å². The van der Waals surface area contributed by atoms with Crippen LogP contribution in [0.2, 0.25) is 0 Å². The number of halogens is 2. The van der Waals surface area contributed by atoms with Crippen molar-refractivity contribution in [1.29, 1.82) is 0 Å². The molecule has 2 aromatic carbocycles. The molecule has 1 aliphatic rings. The number of nitrogens with one attached hydrogen (secondary N) is 2. The maximum atomic E-state index is 13.4. The van der Waals surface area contributed by atoms with Crippen LogP contribution in [0.3, 0.4) is 0 Å². The summed E-state index contributed by atoms with van der Waals surface area (Å²) in [6.07, 6.45) is 1.26. The van der Waals surface area contributed by atoms with Gasteiger partial charge in [0, 0.05) is 42.8 Å². The van der Waals surface area contributed by atoms with Gasteiger partial charge in [0.15, 0.2) is 6.10 Å². The van der Waals surface area contributed by atoms with Gasteiger partial charge in [-0.05, 0) is 66.8 Å². The standard InChI is InChI=1S/C26H26F2N4O4/c1-14-8-20(32-26(35)23(33)15-9-17(27)12-18(28)10-15)2-3-21(14)16-11-22(24(29)30-13-16)25(34)31-19-4-6-36-7-5-19/h2-3,8-13,19,23,33H,4-7H2,1H3,(H2,29,30)(H,31,34)(H,32,35). The number of aryl methyl sites for hydroxylation is 1. The lowest BCUT2D eigenvalue weighted by Gasteiger charge is -2.23. The van der Waals surface area contributed by atoms with Gasteiger partial charge in [0.1, 0.15) is 17.5 Å². The number of carbonyl (C=O) groups is 2. The molecule has 10 heteroatoms. The summed E-state index contributed by atoms with van der Waals surface area (Å²) >= 11 is 0. The summed E-state index contributed by atoms with van der Waals surface area (Å²) in [6.45, 7) is 3.00. The fraction of sp³-hybridized carbons (Fsp3) is 0.269. The molecule has 1 aromatic heterocycles. The molecule has 0 aliphatic carbocycles. The number of benzene rings is 2. The molecule has 1 atom stereocenters. The Balaban J connectivity index is 1.50. The van der Waals surface area contributed by atoms with E-state index in [1.165, 1.54) is 0 Å². The van der Waals surface area contributed by atoms with Crippen molar-refractivity contribution >= 4 is 23.3 Å². The van der Waals surface area contributed by atoms with E-state index in [-0.39, 0.29) is 28.9 Å². The number of anilines is 2. The molecule has 1 saturated heterocycles. The molecular weight excluding hydrogens is 470 g/mol. The maximum absolute atomic E-state index is 13.4. The second kappa shape index (κ2) is 10.8. The maximum Gasteiger partial charge on any atom is 0.257 e. The minimum atomic E-state index is -1.76. The van der Waals surface area contributed by atoms with Crippen LogP contribution in [0.1, 0.15) is 40.4 Å². The lowest BCUT2D eigenvalue weighted by molar-refractivity contribution is -0.124. The van der Waals surface area contributed by atoms with E-state index in [0.717, 1.165) is 36.1 Å². The van der Waals surface area contributed by atoms with Gasteiger partial charge in [-0.25, -0.2) is 13.8 Å². The summed E-state index contributed by atoms with van der Waals surface area (Å²) in [6, 6.07) is 9.13. The Bertz CT molecular complexity index is 1270. The second-order valence-electron chi connectivity index (χ2n) is 8.64. The van der Waals surface area contributed by atoms with Crippen LogP contribution in [0.15, 0.2) is 48.7 Å². The number of aromatic nitrogens is 1. The smallest absolute Gasteiger partial charge is 0.257 e. The Morgan fingerprint density at radius 1 is 1.11 bits per heavy atom. The third-order valence-corrected chi connectivity index (χ3v) is 5.97. The van der Waals surface area contributed by atoms with Gasteiger partial charge in [0.2, 0.25) is 0 Å². The predicted octanol–water partition coefficient (Wildman–Crippen LogP) is 3.50. The van der Waals surface area contributed by atoms with Crippen molar-refractivity contribution in [3.05, 3.63) is 77.0 Å². The van der Waals surface area contributed by atoms with Crippen molar-refractivity contribution in [3.63, 3.8) is 0 Å². The summed E-state index contributed by atoms with van der Waals surface area (Å²) in [4.78, 5) is 29.4. The van der Waals surface area contributed by atoms with Crippen molar-refractivity contribution in [1.82, 2.24) is 10.3 Å². The molecule has 1 fully saturated rings. The molecule has 2 amide bonds. The minimum absolute atomic E-state index is 0.0122. The van der Waals surface area contributed by atoms with E-state index in [2.05, 4.69) is 15.6 Å². The molecule has 0 radical (unpaired) electrons. The number of aliphatic hydroxyl groups excluding tert-OH is 1. The van der Waals surface area contributed by atoms with Gasteiger partial charge < -0.3 is 26.2 Å². The molecule has 1 unspecified atom stereocenters. The number of rotatable bonds is 6. The van der Waals surface area contributed by atoms with Gasteiger partial charge in [-0.3, -0.25) is 9.59 Å². The number of aliphatic hydroxyl groups is 1. The Labute approximate surface area is 206 Å². The third-order valence-electron chi connectivity index (χ3n) is 5.97. The first-order valence-electron chi connectivity index (χ1n) is 11.4. The van der Waals surface area contributed by atoms with Gasteiger partial charge in [-0.15, -0.1) is 0 Å². The number of nitrogens with two attached hydrogens (primary N) is 1. The lowest BCUT2D eigenvalue weighted by Crippen LogP contribution is -2.39. The number of nitrogen functional groups attached to an aromatic ring is 1. The average molecular weight is 497 g/mol. The fourth-order valence-corrected chi connectivity index (χ4v) is 4.07. The van der Waals surface area contributed by atoms with E-state index >= 15 is 0 Å². The summed E-state index contributed by atoms with van der Waals surface area (Å²) < 4.78 is 32.2. The first-order valence-corrected chi connectivity index (χ1v) is 11.4. The molecule has 0 saturated carbocycles. The zero-order valence-corrected chi connectivity index (χ0v) is 19.6. The quantitative estimate of drug-likeness (QED) is 0.414. The SMILES string of the molecule is Cc1cc(NC(=O)C(O)c2cc(F)cc(F)c2)ccc1-c1cnc(N)c(C(=O)NC2CCOCC2)c1. The molecule has 3 aromatic rings. The Morgan fingerprint density at radius 3 is 2.47 bits per heavy atom. The molecule has 5 N–H and O–H groups in total. The van der Waals surface area contributed by atoms with Crippen molar-refractivity contribution in [2.75, 3.05) is 24.3 Å². The Kier molecular flexibility index (Phi) is 7.56. The highest BCUT2D eigenvalue weighted by Gasteiger charge is 2.21. The number of hydrogen-bond donors (Lipinski definition) is 4. The zero-order chi connectivity index (χ0) is 25.8. The van der Waals surface area contributed by atoms with Gasteiger partial charge in [0.05, 0.1) is 5.56 Å². The third kappa shape index (κ3) is 5.84. The van der Waals surface area contributed by atoms with E-state index in [0.29, 0.717) is 30.5 Å². The fourth-order valence-electron chi connectivity index (χ4n) is 4.07. The normalized spacial score (nSPS) is 14.8. The van der Waals surface area contributed by atoms with Crippen LogP contribution in [-0.4, -0.2) is 41.2 Å². The molecule has 188 valence electrons. The van der Waals surface area contributed by atoms with E-state index in [1.54, 1.807) is 30.5 Å². The Morgan fingerprint density at radius 2 is 1.81 bits per heavy atom. The van der Waals surface area contributed by atoms with Crippen molar-refractivity contribution in [2.45, 2.75) is 31.9 Å². The largest absolute Gasteiger partial charge is 0.383 e. The molecule has 2 heterocycles. The minimum Gasteiger partial charge on any atom is -0.383 e. The molecule has 36 heavy (non-hydrogen) atoms. The molecule has 1 aliphatic heterocycles. The van der Waals surface area contributed by atoms with Gasteiger partial charge in [-0.1, -0.05) is 6.07 Å². The monoisotopic (exact) mass is 496 g/mol. The van der Waals surface area contributed by atoms with Crippen molar-refractivity contribution in [3.8, 4) is 11.1 Å². The van der Waals surface area contributed by atoms with Crippen molar-refractivity contribution < 1.29 is 28.2 Å². The van der Waals surface area contributed by atoms with Gasteiger partial charge in [0.25, 0.3) is 11.8 Å². The number of carbonyl (C=O) groups excluding carboxylic acids is 2. The molecule has 8 nitrogen and oxygen atoms in total. The molecule has 4 rings (SSSR count). The second-order valence-corrected chi connectivity index (χ2v) is 8.64. The van der Waals surface area contributed by atoms with Crippen LogP contribution in [0.5, 0.6) is 0 Å². The highest BCUT2D eigenvalue weighted by Crippen LogP contribution is 2.28. The highest BCUT2D eigenvalue weighted by molar-refractivity contribution is 6.00. The van der Waals surface area contributed by atoms with Crippen LogP contribution in [0, 0.1) is 18.6 Å². The zero-order valence-electron chi connectivity index (χ0n) is 19.6. The van der Waals surface area contributed by atoms with Crippen LogP contribution in [-0.2, 0) is 9.53 Å². The predicted molar refractivity (Wildman–Crippen MR) is 130 cm³/mol. The molecule has 0 bridgehead atoms. The van der Waals surface area contributed by atoms with E-state index in [4.69, 9.17) is 10.5 Å². The van der Waals surface area contributed by atoms with Gasteiger partial charge in [-0.2, -0.15) is 0 Å². The van der Waals surface area contributed by atoms with Gasteiger partial charge >= 0.3 is 0 Å². The topological polar surface area (TPSA) is 127 Å². The summed E-state index contributed by atoms with van der Waals surface area (Å²) in [5, 5.41) is 15.7. The number of hydrogen-bond acceptors (Lipinski definition) is 6. The Hall–Kier alpha value is -3.89. The molecule has 0 spiro atoms. The van der Waals surface area contributed by atoms with Crippen LogP contribution in [0.25, 0.3) is 11.1 Å². The average Bonchev–Trinajstić information content (AvgIpc) is 2.84. The van der Waals surface area contributed by atoms with Crippen molar-refractivity contribution in [2.24, 2.45) is 0 Å². The lowest BCUT2D eigenvalue weighted by atomic mass is 9.99. The first-order chi connectivity index (χ1) is 17.2. The number of ether oxygens (including phenoxy) is 1. The summed E-state index contributed by atoms with van der Waals surface area (Å²) in [5.74, 6) is -2.82. The highest BCUT2D eigenvalue weighted by atomic mass is 19.1. The number of pyridine rings is 1. The van der Waals surface area contributed by atoms with Crippen LogP contribution < -0.4 is 16.4 Å². The van der Waals surface area contributed by atoms with E-state index in [1.807, 2.05) is 6.92 Å². The molecular formula is C26H26F2N4O4. The number of nitrogens with zero attached hydrogens (tertiary/aromatic N) is 1. The number of amides is 2. The first kappa shape index (κ1) is 25.2. The van der Waals surface area contributed by atoms with Crippen LogP contribution in [0.4, 0.5) is 20.3 Å². The summed E-state index contributed by atoms with van der Waals surface area (Å²) in [7, 11) is 0. The van der Waals surface area contributed by atoms with Crippen LogP contribution >= 0.6 is 0 Å².